The van der Waals surface area contributed by atoms with E-state index >= 15 is 0 Å². The number of aromatic amines is 1. The molecule has 1 aromatic carbocycles. The monoisotopic (exact) mass is 399 g/mol. The van der Waals surface area contributed by atoms with Gasteiger partial charge in [0.2, 0.25) is 5.91 Å². The first-order chi connectivity index (χ1) is 13.0. The number of thiophene rings is 1. The molecule has 2 aromatic heterocycles. The number of thioether (sulfide) groups is 1. The molecule has 1 N–H and O–H groups in total. The minimum absolute atomic E-state index is 0.0927. The number of H-pyrrole nitrogens is 1. The largest absolute Gasteiger partial charge is 0.311 e. The highest BCUT2D eigenvalue weighted by molar-refractivity contribution is 7.99. The first-order valence-electron chi connectivity index (χ1n) is 8.95. The number of benzene rings is 1. The van der Waals surface area contributed by atoms with Crippen LogP contribution in [0.25, 0.3) is 10.2 Å². The number of para-hydroxylation sites is 1. The molecule has 1 unspecified atom stereocenters. The van der Waals surface area contributed by atoms with Crippen LogP contribution in [0.5, 0.6) is 0 Å². The van der Waals surface area contributed by atoms with Crippen molar-refractivity contribution in [2.45, 2.75) is 38.2 Å². The van der Waals surface area contributed by atoms with Gasteiger partial charge in [0.05, 0.1) is 16.4 Å². The van der Waals surface area contributed by atoms with Crippen molar-refractivity contribution in [2.75, 3.05) is 11.4 Å². The zero-order valence-corrected chi connectivity index (χ0v) is 17.2. The summed E-state index contributed by atoms with van der Waals surface area (Å²) in [6, 6.07) is 8.07. The van der Waals surface area contributed by atoms with E-state index in [1.54, 1.807) is 11.3 Å². The minimum Gasteiger partial charge on any atom is -0.311 e. The van der Waals surface area contributed by atoms with E-state index in [2.05, 4.69) is 16.0 Å². The van der Waals surface area contributed by atoms with E-state index < -0.39 is 0 Å². The molecule has 3 aromatic rings. The van der Waals surface area contributed by atoms with Gasteiger partial charge in [0.1, 0.15) is 10.7 Å². The Morgan fingerprint density at radius 1 is 1.37 bits per heavy atom. The SMILES string of the molecule is Cc1sc2nc(CSC(C)C(=O)N3CCc4ccccc43)[nH]c(=O)c2c1C. The van der Waals surface area contributed by atoms with E-state index in [0.717, 1.165) is 33.9 Å². The van der Waals surface area contributed by atoms with Crippen molar-refractivity contribution in [3.63, 3.8) is 0 Å². The number of carbonyl (C=O) groups is 1. The summed E-state index contributed by atoms with van der Waals surface area (Å²) >= 11 is 3.05. The molecule has 3 heterocycles. The number of aromatic nitrogens is 2. The Labute approximate surface area is 165 Å². The molecule has 4 rings (SSSR count). The van der Waals surface area contributed by atoms with Crippen LogP contribution >= 0.6 is 23.1 Å². The van der Waals surface area contributed by atoms with Crippen LogP contribution in [0.3, 0.4) is 0 Å². The van der Waals surface area contributed by atoms with Crippen LogP contribution in [0.15, 0.2) is 29.1 Å². The predicted molar refractivity (Wildman–Crippen MR) is 113 cm³/mol. The van der Waals surface area contributed by atoms with Gasteiger partial charge in [-0.3, -0.25) is 9.59 Å². The van der Waals surface area contributed by atoms with Gasteiger partial charge in [-0.15, -0.1) is 23.1 Å². The second-order valence-electron chi connectivity index (χ2n) is 6.80. The lowest BCUT2D eigenvalue weighted by Crippen LogP contribution is -2.35. The van der Waals surface area contributed by atoms with Crippen LogP contribution in [0.4, 0.5) is 5.69 Å². The van der Waals surface area contributed by atoms with Gasteiger partial charge in [-0.05, 0) is 44.4 Å². The summed E-state index contributed by atoms with van der Waals surface area (Å²) in [5.74, 6) is 1.24. The number of carbonyl (C=O) groups excluding carboxylic acids is 1. The standard InChI is InChI=1S/C20H21N3O2S2/c1-11-12(2)27-19-17(11)18(24)21-16(22-19)10-26-13(3)20(25)23-9-8-14-6-4-5-7-15(14)23/h4-7,13H,8-10H2,1-3H3,(H,21,22,24). The lowest BCUT2D eigenvalue weighted by atomic mass is 10.2. The first kappa shape index (κ1) is 18.3. The fourth-order valence-corrected chi connectivity index (χ4v) is 5.29. The topological polar surface area (TPSA) is 66.1 Å². The number of fused-ring (bicyclic) bond motifs is 2. The molecule has 27 heavy (non-hydrogen) atoms. The molecule has 0 fully saturated rings. The molecule has 140 valence electrons. The van der Waals surface area contributed by atoms with E-state index in [1.165, 1.54) is 17.3 Å². The van der Waals surface area contributed by atoms with Gasteiger partial charge in [-0.1, -0.05) is 18.2 Å². The maximum absolute atomic E-state index is 12.9. The molecule has 0 saturated carbocycles. The normalized spacial score (nSPS) is 14.6. The van der Waals surface area contributed by atoms with Gasteiger partial charge in [-0.25, -0.2) is 4.98 Å². The van der Waals surface area contributed by atoms with Crippen molar-refractivity contribution in [1.82, 2.24) is 9.97 Å². The Morgan fingerprint density at radius 3 is 2.96 bits per heavy atom. The number of anilines is 1. The Bertz CT molecular complexity index is 1090. The number of aryl methyl sites for hydroxylation is 2. The van der Waals surface area contributed by atoms with Crippen molar-refractivity contribution in [1.29, 1.82) is 0 Å². The Hall–Kier alpha value is -2.12. The van der Waals surface area contributed by atoms with Crippen LogP contribution in [-0.2, 0) is 17.0 Å². The molecular weight excluding hydrogens is 378 g/mol. The van der Waals surface area contributed by atoms with Gasteiger partial charge in [0.25, 0.3) is 5.56 Å². The second kappa shape index (κ2) is 7.13. The highest BCUT2D eigenvalue weighted by Crippen LogP contribution is 2.30. The third-order valence-corrected chi connectivity index (χ3v) is 7.30. The van der Waals surface area contributed by atoms with Gasteiger partial charge >= 0.3 is 0 Å². The summed E-state index contributed by atoms with van der Waals surface area (Å²) in [7, 11) is 0. The summed E-state index contributed by atoms with van der Waals surface area (Å²) in [4.78, 5) is 36.5. The maximum atomic E-state index is 12.9. The average molecular weight is 400 g/mol. The van der Waals surface area contributed by atoms with E-state index in [9.17, 15) is 9.59 Å². The third-order valence-electron chi connectivity index (χ3n) is 5.06. The fourth-order valence-electron chi connectivity index (χ4n) is 3.43. The number of hydrogen-bond donors (Lipinski definition) is 1. The summed E-state index contributed by atoms with van der Waals surface area (Å²) in [6.07, 6.45) is 0.905. The van der Waals surface area contributed by atoms with Gasteiger partial charge in [0.15, 0.2) is 0 Å². The van der Waals surface area contributed by atoms with E-state index in [0.29, 0.717) is 17.0 Å². The molecule has 5 nitrogen and oxygen atoms in total. The van der Waals surface area contributed by atoms with Crippen LogP contribution in [0.2, 0.25) is 0 Å². The summed E-state index contributed by atoms with van der Waals surface area (Å²) in [5, 5.41) is 0.480. The third kappa shape index (κ3) is 3.30. The summed E-state index contributed by atoms with van der Waals surface area (Å²) in [5.41, 5.74) is 3.15. The maximum Gasteiger partial charge on any atom is 0.259 e. The van der Waals surface area contributed by atoms with Crippen LogP contribution in [0, 0.1) is 13.8 Å². The first-order valence-corrected chi connectivity index (χ1v) is 10.8. The number of hydrogen-bond acceptors (Lipinski definition) is 5. The molecule has 1 aliphatic rings. The van der Waals surface area contributed by atoms with Crippen molar-refractivity contribution < 1.29 is 4.79 Å². The predicted octanol–water partition coefficient (Wildman–Crippen LogP) is 3.81. The zero-order valence-electron chi connectivity index (χ0n) is 15.5. The molecule has 7 heteroatoms. The Balaban J connectivity index is 1.48. The summed E-state index contributed by atoms with van der Waals surface area (Å²) < 4.78 is 0. The molecule has 0 aliphatic carbocycles. The minimum atomic E-state index is -0.205. The molecule has 1 amide bonds. The van der Waals surface area contributed by atoms with E-state index in [4.69, 9.17) is 0 Å². The lowest BCUT2D eigenvalue weighted by Gasteiger charge is -2.21. The van der Waals surface area contributed by atoms with E-state index in [1.807, 2.05) is 43.9 Å². The van der Waals surface area contributed by atoms with Gasteiger partial charge in [0, 0.05) is 17.1 Å². The summed E-state index contributed by atoms with van der Waals surface area (Å²) in [6.45, 7) is 6.61. The van der Waals surface area contributed by atoms with Gasteiger partial charge in [-0.2, -0.15) is 0 Å². The molecule has 1 atom stereocenters. The van der Waals surface area contributed by atoms with Crippen molar-refractivity contribution in [3.8, 4) is 0 Å². The molecule has 0 radical (unpaired) electrons. The highest BCUT2D eigenvalue weighted by Gasteiger charge is 2.28. The number of nitrogens with zero attached hydrogens (tertiary/aromatic N) is 2. The van der Waals surface area contributed by atoms with E-state index in [-0.39, 0.29) is 16.7 Å². The second-order valence-corrected chi connectivity index (χ2v) is 9.33. The number of amides is 1. The van der Waals surface area contributed by atoms with Crippen LogP contribution in [-0.4, -0.2) is 27.7 Å². The smallest absolute Gasteiger partial charge is 0.259 e. The lowest BCUT2D eigenvalue weighted by molar-refractivity contribution is -0.117. The molecule has 0 saturated heterocycles. The number of nitrogens with one attached hydrogen (secondary N) is 1. The van der Waals surface area contributed by atoms with Crippen LogP contribution in [0.1, 0.15) is 28.8 Å². The van der Waals surface area contributed by atoms with Crippen molar-refractivity contribution >= 4 is 44.9 Å². The molecule has 0 spiro atoms. The average Bonchev–Trinajstić information content (AvgIpc) is 3.20. The Morgan fingerprint density at radius 2 is 2.15 bits per heavy atom. The quantitative estimate of drug-likeness (QED) is 0.724. The molecular formula is C20H21N3O2S2. The Kier molecular flexibility index (Phi) is 4.82. The fraction of sp³-hybridized carbons (Fsp3) is 0.350. The zero-order chi connectivity index (χ0) is 19.1. The molecule has 0 bridgehead atoms. The number of rotatable bonds is 4. The van der Waals surface area contributed by atoms with Crippen LogP contribution < -0.4 is 10.5 Å². The highest BCUT2D eigenvalue weighted by atomic mass is 32.2. The van der Waals surface area contributed by atoms with Crippen molar-refractivity contribution in [3.05, 3.63) is 56.4 Å². The van der Waals surface area contributed by atoms with Gasteiger partial charge < -0.3 is 9.88 Å². The molecule has 1 aliphatic heterocycles. The van der Waals surface area contributed by atoms with Crippen molar-refractivity contribution in [2.24, 2.45) is 0 Å².